The van der Waals surface area contributed by atoms with Gasteiger partial charge in [-0.1, -0.05) is 35.3 Å². The molecule has 0 unspecified atom stereocenters. The highest BCUT2D eigenvalue weighted by molar-refractivity contribution is 7.92. The van der Waals surface area contributed by atoms with Gasteiger partial charge in [-0.05, 0) is 43.2 Å². The number of anilines is 2. The second kappa shape index (κ2) is 10.2. The quantitative estimate of drug-likeness (QED) is 0.585. The van der Waals surface area contributed by atoms with Crippen LogP contribution < -0.4 is 9.62 Å². The van der Waals surface area contributed by atoms with E-state index in [-0.39, 0.29) is 28.3 Å². The number of benzene rings is 2. The molecule has 0 radical (unpaired) electrons. The monoisotopic (exact) mass is 533 g/mol. The largest absolute Gasteiger partial charge is 0.326 e. The molecule has 0 aromatic heterocycles. The number of hydrogen-bond acceptors (Lipinski definition) is 5. The Balaban J connectivity index is 1.71. The number of hydrogen-bond donors (Lipinski definition) is 1. The molecule has 1 saturated heterocycles. The Kier molecular flexibility index (Phi) is 7.95. The number of sulfonamides is 2. The SMILES string of the molecule is CN(c1cccc(NC(=O)[C@@H]2CCCN(S(=O)(=O)Cc3c(Cl)cccc3Cl)C2)c1)S(C)(=O)=O. The van der Waals surface area contributed by atoms with Crippen molar-refractivity contribution in [3.05, 3.63) is 58.1 Å². The van der Waals surface area contributed by atoms with Crippen LogP contribution in [0.25, 0.3) is 0 Å². The number of carbonyl (C=O) groups excluding carboxylic acids is 1. The summed E-state index contributed by atoms with van der Waals surface area (Å²) in [5, 5.41) is 3.32. The van der Waals surface area contributed by atoms with Crippen LogP contribution in [0.3, 0.4) is 0 Å². The fraction of sp³-hybridized carbons (Fsp3) is 0.381. The Morgan fingerprint density at radius 2 is 1.76 bits per heavy atom. The van der Waals surface area contributed by atoms with E-state index in [1.54, 1.807) is 42.5 Å². The molecule has 1 atom stereocenters. The highest BCUT2D eigenvalue weighted by Crippen LogP contribution is 2.29. The summed E-state index contributed by atoms with van der Waals surface area (Å²) in [5.41, 5.74) is 1.16. The predicted octanol–water partition coefficient (Wildman–Crippen LogP) is 3.57. The van der Waals surface area contributed by atoms with Gasteiger partial charge in [0.25, 0.3) is 0 Å². The number of halogens is 2. The topological polar surface area (TPSA) is 104 Å². The average Bonchev–Trinajstić information content (AvgIpc) is 2.75. The number of piperidine rings is 1. The van der Waals surface area contributed by atoms with Gasteiger partial charge < -0.3 is 5.32 Å². The summed E-state index contributed by atoms with van der Waals surface area (Å²) in [4.78, 5) is 12.9. The van der Waals surface area contributed by atoms with E-state index in [2.05, 4.69) is 5.32 Å². The molecule has 0 bridgehead atoms. The number of nitrogens with one attached hydrogen (secondary N) is 1. The molecule has 2 aromatic rings. The second-order valence-corrected chi connectivity index (χ2v) is 12.7. The predicted molar refractivity (Wildman–Crippen MR) is 132 cm³/mol. The minimum absolute atomic E-state index is 0.0408. The molecular formula is C21H25Cl2N3O5S2. The van der Waals surface area contributed by atoms with Crippen molar-refractivity contribution in [2.24, 2.45) is 5.92 Å². The van der Waals surface area contributed by atoms with Crippen molar-refractivity contribution in [3.8, 4) is 0 Å². The van der Waals surface area contributed by atoms with Gasteiger partial charge >= 0.3 is 0 Å². The molecule has 1 aliphatic heterocycles. The van der Waals surface area contributed by atoms with E-state index in [4.69, 9.17) is 23.2 Å². The number of rotatable bonds is 7. The van der Waals surface area contributed by atoms with Crippen molar-refractivity contribution < 1.29 is 21.6 Å². The van der Waals surface area contributed by atoms with Gasteiger partial charge in [-0.25, -0.2) is 21.1 Å². The molecule has 180 valence electrons. The molecular weight excluding hydrogens is 509 g/mol. The molecule has 0 spiro atoms. The zero-order valence-electron chi connectivity index (χ0n) is 18.2. The van der Waals surface area contributed by atoms with E-state index >= 15 is 0 Å². The molecule has 1 fully saturated rings. The smallest absolute Gasteiger partial charge is 0.231 e. The average molecular weight is 534 g/mol. The highest BCUT2D eigenvalue weighted by atomic mass is 35.5. The van der Waals surface area contributed by atoms with Crippen LogP contribution in [0.2, 0.25) is 10.0 Å². The van der Waals surface area contributed by atoms with Crippen molar-refractivity contribution in [1.82, 2.24) is 4.31 Å². The van der Waals surface area contributed by atoms with Crippen LogP contribution >= 0.6 is 23.2 Å². The van der Waals surface area contributed by atoms with E-state index < -0.39 is 26.0 Å². The molecule has 2 aromatic carbocycles. The first-order chi connectivity index (χ1) is 15.4. The Hall–Kier alpha value is -1.85. The molecule has 0 saturated carbocycles. The number of carbonyl (C=O) groups is 1. The van der Waals surface area contributed by atoms with Crippen LogP contribution in [0.1, 0.15) is 18.4 Å². The lowest BCUT2D eigenvalue weighted by molar-refractivity contribution is -0.120. The third-order valence-electron chi connectivity index (χ3n) is 5.51. The Labute approximate surface area is 204 Å². The van der Waals surface area contributed by atoms with Crippen LogP contribution in [0.4, 0.5) is 11.4 Å². The molecule has 8 nitrogen and oxygen atoms in total. The van der Waals surface area contributed by atoms with Gasteiger partial charge in [0, 0.05) is 41.4 Å². The summed E-state index contributed by atoms with van der Waals surface area (Å²) < 4.78 is 52.0. The van der Waals surface area contributed by atoms with Crippen molar-refractivity contribution in [2.45, 2.75) is 18.6 Å². The number of nitrogens with zero attached hydrogens (tertiary/aromatic N) is 2. The fourth-order valence-electron chi connectivity index (χ4n) is 3.57. The lowest BCUT2D eigenvalue weighted by Gasteiger charge is -2.31. The van der Waals surface area contributed by atoms with Crippen LogP contribution in [-0.2, 0) is 30.6 Å². The van der Waals surface area contributed by atoms with Crippen molar-refractivity contribution in [3.63, 3.8) is 0 Å². The molecule has 0 aliphatic carbocycles. The Morgan fingerprint density at radius 1 is 1.12 bits per heavy atom. The van der Waals surface area contributed by atoms with Gasteiger partial charge in [0.15, 0.2) is 0 Å². The normalized spacial score (nSPS) is 17.5. The summed E-state index contributed by atoms with van der Waals surface area (Å²) in [6.45, 7) is 0.349. The van der Waals surface area contributed by atoms with Crippen LogP contribution in [-0.4, -0.2) is 53.4 Å². The van der Waals surface area contributed by atoms with Crippen LogP contribution in [0.5, 0.6) is 0 Å². The fourth-order valence-corrected chi connectivity index (χ4v) is 6.43. The molecule has 1 aliphatic rings. The summed E-state index contributed by atoms with van der Waals surface area (Å²) in [5.74, 6) is -1.23. The molecule has 12 heteroatoms. The maximum absolute atomic E-state index is 13.0. The minimum atomic E-state index is -3.74. The van der Waals surface area contributed by atoms with E-state index in [1.807, 2.05) is 0 Å². The van der Waals surface area contributed by atoms with Crippen molar-refractivity contribution >= 4 is 60.5 Å². The van der Waals surface area contributed by atoms with E-state index in [1.165, 1.54) is 11.4 Å². The lowest BCUT2D eigenvalue weighted by atomic mass is 9.98. The lowest BCUT2D eigenvalue weighted by Crippen LogP contribution is -2.44. The maximum Gasteiger partial charge on any atom is 0.231 e. The maximum atomic E-state index is 13.0. The Bertz CT molecular complexity index is 1230. The van der Waals surface area contributed by atoms with Gasteiger partial charge in [0.2, 0.25) is 26.0 Å². The Morgan fingerprint density at radius 3 is 2.39 bits per heavy atom. The number of amides is 1. The summed E-state index contributed by atoms with van der Waals surface area (Å²) in [6, 6.07) is 11.3. The molecule has 1 amide bonds. The summed E-state index contributed by atoms with van der Waals surface area (Å²) >= 11 is 12.3. The summed E-state index contributed by atoms with van der Waals surface area (Å²) in [6.07, 6.45) is 2.16. The van der Waals surface area contributed by atoms with E-state index in [0.717, 1.165) is 10.6 Å². The van der Waals surface area contributed by atoms with Gasteiger partial charge in [0.05, 0.1) is 23.6 Å². The van der Waals surface area contributed by atoms with Gasteiger partial charge in [-0.2, -0.15) is 0 Å². The molecule has 33 heavy (non-hydrogen) atoms. The minimum Gasteiger partial charge on any atom is -0.326 e. The first kappa shape index (κ1) is 25.8. The zero-order valence-corrected chi connectivity index (χ0v) is 21.3. The van der Waals surface area contributed by atoms with Crippen LogP contribution in [0, 0.1) is 5.92 Å². The van der Waals surface area contributed by atoms with Crippen LogP contribution in [0.15, 0.2) is 42.5 Å². The van der Waals surface area contributed by atoms with Gasteiger partial charge in [0.1, 0.15) is 0 Å². The molecule has 1 heterocycles. The third-order valence-corrected chi connectivity index (χ3v) is 9.20. The molecule has 3 rings (SSSR count). The third kappa shape index (κ3) is 6.39. The van der Waals surface area contributed by atoms with E-state index in [0.29, 0.717) is 36.3 Å². The highest BCUT2D eigenvalue weighted by Gasteiger charge is 2.33. The van der Waals surface area contributed by atoms with Crippen molar-refractivity contribution in [1.29, 1.82) is 0 Å². The molecule has 1 N–H and O–H groups in total. The van der Waals surface area contributed by atoms with E-state index in [9.17, 15) is 21.6 Å². The first-order valence-electron chi connectivity index (χ1n) is 10.1. The van der Waals surface area contributed by atoms with Gasteiger partial charge in [-0.3, -0.25) is 9.10 Å². The second-order valence-electron chi connectivity index (χ2n) is 7.92. The zero-order chi connectivity index (χ0) is 24.4. The van der Waals surface area contributed by atoms with Gasteiger partial charge in [-0.15, -0.1) is 0 Å². The first-order valence-corrected chi connectivity index (χ1v) is 14.4. The standard InChI is InChI=1S/C21H25Cl2N3O5S2/c1-25(32(2,28)29)17-8-3-7-16(12-17)24-21(27)15-6-5-11-26(13-15)33(30,31)14-18-19(22)9-4-10-20(18)23/h3-4,7-10,12,15H,5-6,11,13-14H2,1-2H3,(H,24,27)/t15-/m1/s1. The summed E-state index contributed by atoms with van der Waals surface area (Å²) in [7, 11) is -5.77. The van der Waals surface area contributed by atoms with Crippen molar-refractivity contribution in [2.75, 3.05) is 36.0 Å².